The van der Waals surface area contributed by atoms with Gasteiger partial charge in [0.15, 0.2) is 5.78 Å². The average molecular weight is 170 g/mol. The molecule has 1 unspecified atom stereocenters. The molecule has 0 bridgehead atoms. The molecule has 0 amide bonds. The normalized spacial score (nSPS) is 12.5. The van der Waals surface area contributed by atoms with Gasteiger partial charge in [-0.1, -0.05) is 19.9 Å². The highest BCUT2D eigenvalue weighted by molar-refractivity contribution is 5.81. The predicted molar refractivity (Wildman–Crippen MR) is 50.1 cm³/mol. The third kappa shape index (κ3) is 5.08. The largest absolute Gasteiger partial charge is 0.373 e. The Morgan fingerprint density at radius 3 is 2.83 bits per heavy atom. The van der Waals surface area contributed by atoms with Crippen molar-refractivity contribution in [3.8, 4) is 0 Å². The van der Waals surface area contributed by atoms with Gasteiger partial charge >= 0.3 is 0 Å². The summed E-state index contributed by atoms with van der Waals surface area (Å²) >= 11 is 0. The summed E-state index contributed by atoms with van der Waals surface area (Å²) in [6.07, 6.45) is 3.49. The fourth-order valence-electron chi connectivity index (χ4n) is 0.709. The zero-order valence-corrected chi connectivity index (χ0v) is 8.01. The van der Waals surface area contributed by atoms with E-state index >= 15 is 0 Å². The lowest BCUT2D eigenvalue weighted by atomic mass is 10.1. The zero-order chi connectivity index (χ0) is 9.40. The van der Waals surface area contributed by atoms with Crippen molar-refractivity contribution in [2.75, 3.05) is 13.2 Å². The van der Waals surface area contributed by atoms with Gasteiger partial charge in [-0.2, -0.15) is 0 Å². The van der Waals surface area contributed by atoms with E-state index in [1.807, 2.05) is 13.8 Å². The fourth-order valence-corrected chi connectivity index (χ4v) is 0.709. The molecule has 2 nitrogen and oxygen atoms in total. The first kappa shape index (κ1) is 11.4. The molecule has 0 radical (unpaired) electrons. The van der Waals surface area contributed by atoms with Crippen molar-refractivity contribution >= 4 is 5.78 Å². The van der Waals surface area contributed by atoms with Gasteiger partial charge in [-0.05, 0) is 12.8 Å². The van der Waals surface area contributed by atoms with Crippen molar-refractivity contribution < 1.29 is 9.53 Å². The molecule has 0 aliphatic carbocycles. The highest BCUT2D eigenvalue weighted by Crippen LogP contribution is 2.02. The fraction of sp³-hybridized carbons (Fsp3) is 0.700. The second kappa shape index (κ2) is 7.04. The SMILES string of the molecule is C=CCCOCC(=O)C(C)CC. The van der Waals surface area contributed by atoms with Gasteiger partial charge in [0.05, 0.1) is 6.61 Å². The molecular formula is C10H18O2. The van der Waals surface area contributed by atoms with Gasteiger partial charge in [-0.15, -0.1) is 6.58 Å². The summed E-state index contributed by atoms with van der Waals surface area (Å²) in [7, 11) is 0. The van der Waals surface area contributed by atoms with Gasteiger partial charge in [0.25, 0.3) is 0 Å². The van der Waals surface area contributed by atoms with Crippen LogP contribution in [0, 0.1) is 5.92 Å². The van der Waals surface area contributed by atoms with E-state index in [1.165, 1.54) is 0 Å². The first-order valence-corrected chi connectivity index (χ1v) is 4.43. The minimum atomic E-state index is 0.133. The van der Waals surface area contributed by atoms with E-state index < -0.39 is 0 Å². The Morgan fingerprint density at radius 2 is 2.33 bits per heavy atom. The van der Waals surface area contributed by atoms with Crippen molar-refractivity contribution in [1.29, 1.82) is 0 Å². The number of hydrogen-bond donors (Lipinski definition) is 0. The van der Waals surface area contributed by atoms with E-state index in [1.54, 1.807) is 6.08 Å². The van der Waals surface area contributed by atoms with Gasteiger partial charge in [-0.3, -0.25) is 4.79 Å². The molecule has 0 saturated carbocycles. The Morgan fingerprint density at radius 1 is 1.67 bits per heavy atom. The number of rotatable bonds is 7. The zero-order valence-electron chi connectivity index (χ0n) is 8.01. The van der Waals surface area contributed by atoms with Crippen molar-refractivity contribution in [2.24, 2.45) is 5.92 Å². The molecular weight excluding hydrogens is 152 g/mol. The third-order valence-electron chi connectivity index (χ3n) is 1.87. The van der Waals surface area contributed by atoms with Gasteiger partial charge in [0.2, 0.25) is 0 Å². The lowest BCUT2D eigenvalue weighted by molar-refractivity contribution is -0.127. The second-order valence-electron chi connectivity index (χ2n) is 2.91. The van der Waals surface area contributed by atoms with E-state index in [2.05, 4.69) is 6.58 Å². The lowest BCUT2D eigenvalue weighted by Crippen LogP contribution is -2.16. The van der Waals surface area contributed by atoms with Crippen LogP contribution >= 0.6 is 0 Å². The number of hydrogen-bond acceptors (Lipinski definition) is 2. The van der Waals surface area contributed by atoms with E-state index in [0.29, 0.717) is 6.61 Å². The van der Waals surface area contributed by atoms with Gasteiger partial charge in [0.1, 0.15) is 6.61 Å². The molecule has 12 heavy (non-hydrogen) atoms. The molecule has 0 aromatic carbocycles. The summed E-state index contributed by atoms with van der Waals surface area (Å²) < 4.78 is 5.14. The summed E-state index contributed by atoms with van der Waals surface area (Å²) in [6.45, 7) is 8.36. The second-order valence-corrected chi connectivity index (χ2v) is 2.91. The summed E-state index contributed by atoms with van der Waals surface area (Å²) in [5.74, 6) is 0.329. The van der Waals surface area contributed by atoms with Gasteiger partial charge in [0, 0.05) is 5.92 Å². The molecule has 0 aliphatic heterocycles. The quantitative estimate of drug-likeness (QED) is 0.432. The first-order valence-electron chi connectivity index (χ1n) is 4.43. The Bertz CT molecular complexity index is 141. The molecule has 0 heterocycles. The van der Waals surface area contributed by atoms with E-state index in [0.717, 1.165) is 12.8 Å². The van der Waals surface area contributed by atoms with Crippen LogP contribution in [0.3, 0.4) is 0 Å². The third-order valence-corrected chi connectivity index (χ3v) is 1.87. The molecule has 70 valence electrons. The number of carbonyl (C=O) groups is 1. The topological polar surface area (TPSA) is 26.3 Å². The predicted octanol–water partition coefficient (Wildman–Crippen LogP) is 2.19. The molecule has 0 fully saturated rings. The van der Waals surface area contributed by atoms with Crippen LogP contribution in [0.25, 0.3) is 0 Å². The molecule has 0 spiro atoms. The minimum Gasteiger partial charge on any atom is -0.373 e. The number of Topliss-reactive ketones (excluding diaryl/α,β-unsaturated/α-hetero) is 1. The molecule has 0 N–H and O–H groups in total. The molecule has 1 atom stereocenters. The number of carbonyl (C=O) groups excluding carboxylic acids is 1. The maximum atomic E-state index is 11.2. The van der Waals surface area contributed by atoms with Crippen LogP contribution in [-0.4, -0.2) is 19.0 Å². The van der Waals surface area contributed by atoms with Crippen LogP contribution < -0.4 is 0 Å². The highest BCUT2D eigenvalue weighted by Gasteiger charge is 2.09. The summed E-state index contributed by atoms with van der Waals surface area (Å²) in [5.41, 5.74) is 0. The van der Waals surface area contributed by atoms with Crippen LogP contribution in [0.4, 0.5) is 0 Å². The standard InChI is InChI=1S/C10H18O2/c1-4-6-7-12-8-10(11)9(3)5-2/h4,9H,1,5-8H2,2-3H3. The smallest absolute Gasteiger partial charge is 0.161 e. The molecule has 0 aromatic rings. The van der Waals surface area contributed by atoms with Crippen molar-refractivity contribution in [3.63, 3.8) is 0 Å². The molecule has 0 aromatic heterocycles. The Hall–Kier alpha value is -0.630. The monoisotopic (exact) mass is 170 g/mol. The van der Waals surface area contributed by atoms with Gasteiger partial charge in [-0.25, -0.2) is 0 Å². The van der Waals surface area contributed by atoms with Crippen LogP contribution in [0.5, 0.6) is 0 Å². The Labute approximate surface area is 74.6 Å². The van der Waals surface area contributed by atoms with Gasteiger partial charge < -0.3 is 4.74 Å². The average Bonchev–Trinajstić information content (AvgIpc) is 2.10. The van der Waals surface area contributed by atoms with Crippen LogP contribution in [0.1, 0.15) is 26.7 Å². The van der Waals surface area contributed by atoms with Crippen molar-refractivity contribution in [3.05, 3.63) is 12.7 Å². The van der Waals surface area contributed by atoms with E-state index in [-0.39, 0.29) is 18.3 Å². The molecule has 0 rings (SSSR count). The molecule has 0 saturated heterocycles. The number of ether oxygens (including phenoxy) is 1. The first-order chi connectivity index (χ1) is 5.72. The maximum Gasteiger partial charge on any atom is 0.161 e. The van der Waals surface area contributed by atoms with E-state index in [9.17, 15) is 4.79 Å². The maximum absolute atomic E-state index is 11.2. The summed E-state index contributed by atoms with van der Waals surface area (Å²) in [4.78, 5) is 11.2. The minimum absolute atomic E-state index is 0.133. The summed E-state index contributed by atoms with van der Waals surface area (Å²) in [6, 6.07) is 0. The van der Waals surface area contributed by atoms with Crippen molar-refractivity contribution in [2.45, 2.75) is 26.7 Å². The van der Waals surface area contributed by atoms with Crippen LogP contribution in [0.2, 0.25) is 0 Å². The summed E-state index contributed by atoms with van der Waals surface area (Å²) in [5, 5.41) is 0. The van der Waals surface area contributed by atoms with Crippen molar-refractivity contribution in [1.82, 2.24) is 0 Å². The lowest BCUT2D eigenvalue weighted by Gasteiger charge is -2.06. The Balaban J connectivity index is 3.37. The molecule has 0 aliphatic rings. The molecule has 2 heteroatoms. The van der Waals surface area contributed by atoms with Crippen LogP contribution in [0.15, 0.2) is 12.7 Å². The highest BCUT2D eigenvalue weighted by atomic mass is 16.5. The number of ketones is 1. The Kier molecular flexibility index (Phi) is 6.67. The van der Waals surface area contributed by atoms with E-state index in [4.69, 9.17) is 4.74 Å². The van der Waals surface area contributed by atoms with Crippen LogP contribution in [-0.2, 0) is 9.53 Å².